The molecule has 0 fully saturated rings. The van der Waals surface area contributed by atoms with Crippen molar-refractivity contribution in [2.45, 2.75) is 0 Å². The van der Waals surface area contributed by atoms with E-state index in [9.17, 15) is 9.59 Å². The van der Waals surface area contributed by atoms with Crippen molar-refractivity contribution in [3.8, 4) is 0 Å². The van der Waals surface area contributed by atoms with Gasteiger partial charge in [0.05, 0.1) is 0 Å². The standard InChI is InChI=1S/C8H8.C4H2O3.2Na.2H/c1-2-8-6-4-3-5-7-8;5-3-1-2-4(6)7-3;;;;/h2-7H,1H2;1-2H;;;;. The molecule has 0 aromatic heterocycles. The average molecular weight is 250 g/mol. The molecule has 0 unspecified atom stereocenters. The zero-order chi connectivity index (χ0) is 11.1. The van der Waals surface area contributed by atoms with E-state index >= 15 is 0 Å². The van der Waals surface area contributed by atoms with Crippen LogP contribution in [-0.4, -0.2) is 71.1 Å². The third-order valence-corrected chi connectivity index (χ3v) is 1.59. The molecule has 1 heterocycles. The molecule has 0 spiro atoms. The molecule has 17 heavy (non-hydrogen) atoms. The van der Waals surface area contributed by atoms with E-state index in [4.69, 9.17) is 0 Å². The summed E-state index contributed by atoms with van der Waals surface area (Å²) in [6.07, 6.45) is 4.00. The third-order valence-electron chi connectivity index (χ3n) is 1.59. The van der Waals surface area contributed by atoms with Crippen molar-refractivity contribution in [1.82, 2.24) is 0 Å². The zero-order valence-corrected chi connectivity index (χ0v) is 8.05. The number of benzene rings is 1. The number of cyclic esters (lactones) is 2. The first kappa shape index (κ1) is 19.2. The predicted molar refractivity (Wildman–Crippen MR) is 71.1 cm³/mol. The topological polar surface area (TPSA) is 43.4 Å². The molecule has 1 aromatic carbocycles. The summed E-state index contributed by atoms with van der Waals surface area (Å²) in [5, 5.41) is 0. The van der Waals surface area contributed by atoms with Crippen LogP contribution in [0.5, 0.6) is 0 Å². The van der Waals surface area contributed by atoms with Crippen LogP contribution in [0.3, 0.4) is 0 Å². The van der Waals surface area contributed by atoms with Crippen LogP contribution in [-0.2, 0) is 14.3 Å². The van der Waals surface area contributed by atoms with E-state index in [2.05, 4.69) is 11.3 Å². The van der Waals surface area contributed by atoms with Crippen LogP contribution in [0.4, 0.5) is 0 Å². The molecule has 0 saturated carbocycles. The Hall–Kier alpha value is -0.160. The molecule has 0 bridgehead atoms. The Balaban J connectivity index is 0. The van der Waals surface area contributed by atoms with Crippen molar-refractivity contribution in [2.24, 2.45) is 0 Å². The zero-order valence-electron chi connectivity index (χ0n) is 8.05. The molecule has 80 valence electrons. The molecule has 0 aliphatic carbocycles. The number of hydrogen-bond acceptors (Lipinski definition) is 3. The summed E-state index contributed by atoms with van der Waals surface area (Å²) < 4.78 is 3.97. The van der Waals surface area contributed by atoms with E-state index in [1.54, 1.807) is 0 Å². The fraction of sp³-hybridized carbons (Fsp3) is 0. The van der Waals surface area contributed by atoms with Gasteiger partial charge in [0.15, 0.2) is 0 Å². The van der Waals surface area contributed by atoms with Gasteiger partial charge in [0.1, 0.15) is 0 Å². The molecular weight excluding hydrogens is 238 g/mol. The van der Waals surface area contributed by atoms with Gasteiger partial charge in [0, 0.05) is 12.2 Å². The molecule has 0 saturated heterocycles. The summed E-state index contributed by atoms with van der Waals surface area (Å²) >= 11 is 0. The van der Waals surface area contributed by atoms with Crippen molar-refractivity contribution in [2.75, 3.05) is 0 Å². The van der Waals surface area contributed by atoms with E-state index in [1.165, 1.54) is 5.56 Å². The summed E-state index contributed by atoms with van der Waals surface area (Å²) in [6, 6.07) is 10.0. The van der Waals surface area contributed by atoms with Crippen LogP contribution in [0.2, 0.25) is 0 Å². The summed E-state index contributed by atoms with van der Waals surface area (Å²) in [5.41, 5.74) is 1.17. The maximum absolute atomic E-state index is 9.92. The first-order chi connectivity index (χ1) is 7.22. The third kappa shape index (κ3) is 8.55. The van der Waals surface area contributed by atoms with Crippen LogP contribution in [0, 0.1) is 0 Å². The van der Waals surface area contributed by atoms with Gasteiger partial charge in [-0.1, -0.05) is 43.0 Å². The number of hydrogen-bond donors (Lipinski definition) is 0. The molecule has 1 aliphatic rings. The molecule has 0 amide bonds. The second-order valence-corrected chi connectivity index (χ2v) is 2.69. The predicted octanol–water partition coefficient (Wildman–Crippen LogP) is 0.659. The SMILES string of the molecule is C=Cc1ccccc1.O=C1C=CC(=O)O1.[NaH].[NaH]. The van der Waals surface area contributed by atoms with Gasteiger partial charge in [-0.05, 0) is 5.56 Å². The van der Waals surface area contributed by atoms with Gasteiger partial charge in [0.2, 0.25) is 0 Å². The number of carbonyl (C=O) groups excluding carboxylic acids is 2. The van der Waals surface area contributed by atoms with E-state index in [-0.39, 0.29) is 59.1 Å². The van der Waals surface area contributed by atoms with Crippen molar-refractivity contribution in [3.05, 3.63) is 54.6 Å². The summed E-state index contributed by atoms with van der Waals surface area (Å²) in [7, 11) is 0. The number of esters is 2. The molecular formula is C12H12Na2O3. The Bertz CT molecular complexity index is 383. The van der Waals surface area contributed by atoms with Gasteiger partial charge in [-0.2, -0.15) is 0 Å². The van der Waals surface area contributed by atoms with Gasteiger partial charge in [-0.3, -0.25) is 0 Å². The van der Waals surface area contributed by atoms with Crippen molar-refractivity contribution >= 4 is 77.1 Å². The van der Waals surface area contributed by atoms with E-state index < -0.39 is 11.9 Å². The Labute approximate surface area is 145 Å². The van der Waals surface area contributed by atoms with Crippen LogP contribution in [0.15, 0.2) is 49.1 Å². The van der Waals surface area contributed by atoms with Crippen LogP contribution in [0.25, 0.3) is 6.08 Å². The number of ether oxygens (including phenoxy) is 1. The molecule has 0 radical (unpaired) electrons. The Kier molecular flexibility index (Phi) is 12.4. The summed E-state index contributed by atoms with van der Waals surface area (Å²) in [4.78, 5) is 19.8. The van der Waals surface area contributed by atoms with Crippen molar-refractivity contribution < 1.29 is 14.3 Å². The maximum atomic E-state index is 9.92. The fourth-order valence-corrected chi connectivity index (χ4v) is 0.892. The number of carbonyl (C=O) groups is 2. The Morgan fingerprint density at radius 2 is 1.41 bits per heavy atom. The minimum absolute atomic E-state index is 0. The van der Waals surface area contributed by atoms with E-state index in [0.29, 0.717) is 0 Å². The second-order valence-electron chi connectivity index (χ2n) is 2.69. The first-order valence-electron chi connectivity index (χ1n) is 4.33. The molecule has 5 heteroatoms. The quantitative estimate of drug-likeness (QED) is 0.418. The number of rotatable bonds is 1. The summed E-state index contributed by atoms with van der Waals surface area (Å²) in [5.74, 6) is -1.16. The fourth-order valence-electron chi connectivity index (χ4n) is 0.892. The Morgan fingerprint density at radius 1 is 0.941 bits per heavy atom. The van der Waals surface area contributed by atoms with Gasteiger partial charge in [0.25, 0.3) is 0 Å². The minimum atomic E-state index is -0.579. The normalized spacial score (nSPS) is 11.3. The van der Waals surface area contributed by atoms with Crippen LogP contribution in [0.1, 0.15) is 5.56 Å². The first-order valence-corrected chi connectivity index (χ1v) is 4.33. The van der Waals surface area contributed by atoms with E-state index in [0.717, 1.165) is 12.2 Å². The Morgan fingerprint density at radius 3 is 1.65 bits per heavy atom. The molecule has 3 nitrogen and oxygen atoms in total. The summed E-state index contributed by atoms with van der Waals surface area (Å²) in [6.45, 7) is 3.63. The van der Waals surface area contributed by atoms with Gasteiger partial charge in [-0.25, -0.2) is 9.59 Å². The van der Waals surface area contributed by atoms with E-state index in [1.807, 2.05) is 36.4 Å². The average Bonchev–Trinajstić information content (AvgIpc) is 2.65. The molecule has 2 rings (SSSR count). The van der Waals surface area contributed by atoms with Gasteiger partial charge in [-0.15, -0.1) is 0 Å². The monoisotopic (exact) mass is 250 g/mol. The second kappa shape index (κ2) is 11.0. The van der Waals surface area contributed by atoms with Gasteiger partial charge < -0.3 is 4.74 Å². The molecule has 1 aromatic rings. The molecule has 0 atom stereocenters. The molecule has 1 aliphatic heterocycles. The molecule has 0 N–H and O–H groups in total. The van der Waals surface area contributed by atoms with Crippen LogP contribution >= 0.6 is 0 Å². The van der Waals surface area contributed by atoms with Crippen molar-refractivity contribution in [3.63, 3.8) is 0 Å². The van der Waals surface area contributed by atoms with Crippen molar-refractivity contribution in [1.29, 1.82) is 0 Å². The van der Waals surface area contributed by atoms with Crippen LogP contribution < -0.4 is 0 Å². The van der Waals surface area contributed by atoms with Gasteiger partial charge >= 0.3 is 71.1 Å².